The molecule has 5 nitrogen and oxygen atoms in total. The first-order chi connectivity index (χ1) is 8.39. The maximum absolute atomic E-state index is 12.3. The van der Waals surface area contributed by atoms with Crippen LogP contribution < -0.4 is 5.32 Å². The summed E-state index contributed by atoms with van der Waals surface area (Å²) in [7, 11) is 0. The third-order valence-corrected chi connectivity index (χ3v) is 3.86. The van der Waals surface area contributed by atoms with Crippen LogP contribution in [0.5, 0.6) is 0 Å². The van der Waals surface area contributed by atoms with Crippen molar-refractivity contribution in [2.45, 2.75) is 63.6 Å². The zero-order chi connectivity index (χ0) is 13.3. The van der Waals surface area contributed by atoms with Crippen molar-refractivity contribution in [1.82, 2.24) is 10.2 Å². The average molecular weight is 254 g/mol. The van der Waals surface area contributed by atoms with Crippen molar-refractivity contribution < 1.29 is 14.7 Å². The fraction of sp³-hybridized carbons (Fsp3) is 0.846. The number of nitrogens with one attached hydrogen (secondary N) is 1. The summed E-state index contributed by atoms with van der Waals surface area (Å²) < 4.78 is 0. The van der Waals surface area contributed by atoms with E-state index in [9.17, 15) is 9.59 Å². The van der Waals surface area contributed by atoms with E-state index >= 15 is 0 Å². The van der Waals surface area contributed by atoms with E-state index in [-0.39, 0.29) is 17.9 Å². The molecule has 1 heterocycles. The van der Waals surface area contributed by atoms with Gasteiger partial charge >= 0.3 is 5.97 Å². The molecule has 1 aliphatic heterocycles. The van der Waals surface area contributed by atoms with Crippen molar-refractivity contribution in [1.29, 1.82) is 0 Å². The third kappa shape index (κ3) is 2.83. The first kappa shape index (κ1) is 13.3. The normalized spacial score (nSPS) is 28.7. The Morgan fingerprint density at radius 1 is 1.44 bits per heavy atom. The highest BCUT2D eigenvalue weighted by Gasteiger charge is 2.41. The number of carboxylic acid groups (broad SMARTS) is 1. The van der Waals surface area contributed by atoms with Crippen molar-refractivity contribution in [3.63, 3.8) is 0 Å². The van der Waals surface area contributed by atoms with E-state index < -0.39 is 12.0 Å². The number of aliphatic carboxylic acids is 1. The second-order valence-electron chi connectivity index (χ2n) is 6.08. The molecule has 2 aliphatic rings. The molecule has 1 aliphatic carbocycles. The van der Waals surface area contributed by atoms with Crippen LogP contribution in [0, 0.1) is 0 Å². The third-order valence-electron chi connectivity index (χ3n) is 3.86. The van der Waals surface area contributed by atoms with Gasteiger partial charge in [0.05, 0.1) is 12.5 Å². The summed E-state index contributed by atoms with van der Waals surface area (Å²) >= 11 is 0. The Bertz CT molecular complexity index is 348. The van der Waals surface area contributed by atoms with Gasteiger partial charge in [-0.3, -0.25) is 14.9 Å². The van der Waals surface area contributed by atoms with Gasteiger partial charge < -0.3 is 10.0 Å². The minimum Gasteiger partial charge on any atom is -0.481 e. The number of hydrogen-bond acceptors (Lipinski definition) is 3. The van der Waals surface area contributed by atoms with Crippen LogP contribution in [-0.2, 0) is 9.59 Å². The zero-order valence-corrected chi connectivity index (χ0v) is 11.1. The zero-order valence-electron chi connectivity index (χ0n) is 11.1. The predicted octanol–water partition coefficient (Wildman–Crippen LogP) is 0.983. The Morgan fingerprint density at radius 2 is 2.06 bits per heavy atom. The molecular weight excluding hydrogens is 232 g/mol. The molecule has 1 saturated carbocycles. The molecule has 1 saturated heterocycles. The largest absolute Gasteiger partial charge is 0.481 e. The van der Waals surface area contributed by atoms with Gasteiger partial charge in [-0.05, 0) is 26.7 Å². The van der Waals surface area contributed by atoms with Crippen LogP contribution >= 0.6 is 0 Å². The van der Waals surface area contributed by atoms with Crippen LogP contribution in [-0.4, -0.2) is 46.1 Å². The lowest BCUT2D eigenvalue weighted by Crippen LogP contribution is -2.66. The van der Waals surface area contributed by atoms with Gasteiger partial charge in [0.25, 0.3) is 0 Å². The smallest absolute Gasteiger partial charge is 0.305 e. The molecule has 18 heavy (non-hydrogen) atoms. The lowest BCUT2D eigenvalue weighted by atomic mass is 9.94. The fourth-order valence-corrected chi connectivity index (χ4v) is 3.12. The number of rotatable bonds is 3. The minimum absolute atomic E-state index is 0.0383. The lowest BCUT2D eigenvalue weighted by Gasteiger charge is -2.45. The standard InChI is InChI=1S/C13H22N2O3/c1-13(2)8-15(9-5-3-4-6-9)12(18)10(14-13)7-11(16)17/h9-10,14H,3-8H2,1-2H3,(H,16,17). The van der Waals surface area contributed by atoms with Gasteiger partial charge in [-0.15, -0.1) is 0 Å². The van der Waals surface area contributed by atoms with Gasteiger partial charge in [0.1, 0.15) is 0 Å². The second kappa shape index (κ2) is 4.88. The molecular formula is C13H22N2O3. The molecule has 1 atom stereocenters. The SMILES string of the molecule is CC1(C)CN(C2CCCC2)C(=O)C(CC(=O)O)N1. The topological polar surface area (TPSA) is 69.6 Å². The highest BCUT2D eigenvalue weighted by molar-refractivity contribution is 5.87. The molecule has 102 valence electrons. The van der Waals surface area contributed by atoms with E-state index in [4.69, 9.17) is 5.11 Å². The summed E-state index contributed by atoms with van der Waals surface area (Å²) in [6.07, 6.45) is 4.33. The van der Waals surface area contributed by atoms with Crippen LogP contribution in [0.1, 0.15) is 46.0 Å². The van der Waals surface area contributed by atoms with E-state index in [2.05, 4.69) is 5.32 Å². The Morgan fingerprint density at radius 3 is 2.61 bits per heavy atom. The molecule has 0 spiro atoms. The maximum atomic E-state index is 12.3. The van der Waals surface area contributed by atoms with Crippen LogP contribution in [0.4, 0.5) is 0 Å². The summed E-state index contributed by atoms with van der Waals surface area (Å²) in [6.45, 7) is 4.72. The number of hydrogen-bond donors (Lipinski definition) is 2. The Hall–Kier alpha value is -1.10. The lowest BCUT2D eigenvalue weighted by molar-refractivity contribution is -0.147. The van der Waals surface area contributed by atoms with E-state index in [1.165, 1.54) is 12.8 Å². The van der Waals surface area contributed by atoms with Gasteiger partial charge in [0.2, 0.25) is 5.91 Å². The van der Waals surface area contributed by atoms with Crippen LogP contribution in [0.25, 0.3) is 0 Å². The summed E-state index contributed by atoms with van der Waals surface area (Å²) in [5.74, 6) is -0.964. The van der Waals surface area contributed by atoms with E-state index in [1.54, 1.807) is 0 Å². The first-order valence-electron chi connectivity index (χ1n) is 6.69. The van der Waals surface area contributed by atoms with Crippen LogP contribution in [0.15, 0.2) is 0 Å². The van der Waals surface area contributed by atoms with E-state index in [0.717, 1.165) is 12.8 Å². The Kier molecular flexibility index (Phi) is 3.61. The average Bonchev–Trinajstić information content (AvgIpc) is 2.74. The first-order valence-corrected chi connectivity index (χ1v) is 6.69. The van der Waals surface area contributed by atoms with Crippen molar-refractivity contribution in [3.05, 3.63) is 0 Å². The number of nitrogens with zero attached hydrogens (tertiary/aromatic N) is 1. The highest BCUT2D eigenvalue weighted by atomic mass is 16.4. The van der Waals surface area contributed by atoms with Crippen molar-refractivity contribution in [2.24, 2.45) is 0 Å². The number of carbonyl (C=O) groups excluding carboxylic acids is 1. The second-order valence-corrected chi connectivity index (χ2v) is 6.08. The summed E-state index contributed by atoms with van der Waals surface area (Å²) in [5, 5.41) is 12.0. The maximum Gasteiger partial charge on any atom is 0.305 e. The molecule has 0 bridgehead atoms. The molecule has 2 N–H and O–H groups in total. The van der Waals surface area contributed by atoms with Crippen LogP contribution in [0.2, 0.25) is 0 Å². The molecule has 1 amide bonds. The summed E-state index contributed by atoms with van der Waals surface area (Å²) in [5.41, 5.74) is -0.212. The monoisotopic (exact) mass is 254 g/mol. The van der Waals surface area contributed by atoms with Gasteiger partial charge in [0, 0.05) is 18.1 Å². The number of piperazine rings is 1. The number of amides is 1. The van der Waals surface area contributed by atoms with Crippen LogP contribution in [0.3, 0.4) is 0 Å². The van der Waals surface area contributed by atoms with Gasteiger partial charge in [-0.25, -0.2) is 0 Å². The Labute approximate surface area is 108 Å². The molecule has 0 aromatic carbocycles. The highest BCUT2D eigenvalue weighted by Crippen LogP contribution is 2.28. The number of carbonyl (C=O) groups is 2. The van der Waals surface area contributed by atoms with Crippen molar-refractivity contribution >= 4 is 11.9 Å². The molecule has 2 rings (SSSR count). The molecule has 0 aromatic heterocycles. The molecule has 2 fully saturated rings. The van der Waals surface area contributed by atoms with Crippen molar-refractivity contribution in [2.75, 3.05) is 6.54 Å². The van der Waals surface area contributed by atoms with Gasteiger partial charge in [0.15, 0.2) is 0 Å². The molecule has 5 heteroatoms. The van der Waals surface area contributed by atoms with E-state index in [1.807, 2.05) is 18.7 Å². The minimum atomic E-state index is -0.926. The van der Waals surface area contributed by atoms with E-state index in [0.29, 0.717) is 12.6 Å². The quantitative estimate of drug-likeness (QED) is 0.788. The predicted molar refractivity (Wildman–Crippen MR) is 67.2 cm³/mol. The number of carboxylic acids is 1. The fourth-order valence-electron chi connectivity index (χ4n) is 3.12. The van der Waals surface area contributed by atoms with Gasteiger partial charge in [-0.2, -0.15) is 0 Å². The molecule has 0 radical (unpaired) electrons. The van der Waals surface area contributed by atoms with Gasteiger partial charge in [-0.1, -0.05) is 12.8 Å². The van der Waals surface area contributed by atoms with Crippen molar-refractivity contribution in [3.8, 4) is 0 Å². The summed E-state index contributed by atoms with van der Waals surface area (Å²) in [6, 6.07) is -0.262. The summed E-state index contributed by atoms with van der Waals surface area (Å²) in [4.78, 5) is 25.1. The molecule has 1 unspecified atom stereocenters. The Balaban J connectivity index is 2.13. The molecule has 0 aromatic rings.